The molecule has 0 aliphatic heterocycles. The van der Waals surface area contributed by atoms with Gasteiger partial charge in [0.15, 0.2) is 0 Å². The predicted octanol–water partition coefficient (Wildman–Crippen LogP) is 6.68. The molecule has 0 spiro atoms. The summed E-state index contributed by atoms with van der Waals surface area (Å²) in [6.45, 7) is 4.50. The summed E-state index contributed by atoms with van der Waals surface area (Å²) in [5.41, 5.74) is 7.00. The zero-order chi connectivity index (χ0) is 26.9. The first-order valence-electron chi connectivity index (χ1n) is 13.9. The van der Waals surface area contributed by atoms with Crippen molar-refractivity contribution in [3.8, 4) is 11.8 Å². The van der Waals surface area contributed by atoms with Crippen LogP contribution in [0.1, 0.15) is 91.8 Å². The summed E-state index contributed by atoms with van der Waals surface area (Å²) in [5, 5.41) is 20.3. The summed E-state index contributed by atoms with van der Waals surface area (Å²) < 4.78 is 0. The molecule has 3 aliphatic carbocycles. The van der Waals surface area contributed by atoms with Gasteiger partial charge >= 0.3 is 5.97 Å². The number of rotatable bonds is 5. The van der Waals surface area contributed by atoms with Gasteiger partial charge in [-0.25, -0.2) is 4.79 Å². The molecule has 0 amide bonds. The number of carboxylic acid groups (broad SMARTS) is 1. The second-order valence-electron chi connectivity index (χ2n) is 11.4. The van der Waals surface area contributed by atoms with Crippen LogP contribution in [0.15, 0.2) is 71.3 Å². The lowest BCUT2D eigenvalue weighted by Crippen LogP contribution is -2.44. The van der Waals surface area contributed by atoms with Gasteiger partial charge in [-0.1, -0.05) is 55.9 Å². The van der Waals surface area contributed by atoms with E-state index in [4.69, 9.17) is 0 Å². The summed E-state index contributed by atoms with van der Waals surface area (Å²) in [4.78, 5) is 22.8. The Kier molecular flexibility index (Phi) is 7.41. The third-order valence-corrected chi connectivity index (χ3v) is 9.27. The summed E-state index contributed by atoms with van der Waals surface area (Å²) in [5.74, 6) is 6.45. The Balaban J connectivity index is 1.53. The normalized spacial score (nSPS) is 29.3. The fourth-order valence-electron chi connectivity index (χ4n) is 7.45. The molecular formula is C34H36O4. The van der Waals surface area contributed by atoms with E-state index in [1.165, 1.54) is 22.3 Å². The molecule has 38 heavy (non-hydrogen) atoms. The van der Waals surface area contributed by atoms with Crippen LogP contribution in [0.25, 0.3) is 0 Å². The monoisotopic (exact) mass is 508 g/mol. The first-order valence-corrected chi connectivity index (χ1v) is 13.9. The first-order chi connectivity index (χ1) is 18.4. The van der Waals surface area contributed by atoms with Gasteiger partial charge in [0.1, 0.15) is 6.29 Å². The van der Waals surface area contributed by atoms with Crippen molar-refractivity contribution in [2.24, 2.45) is 17.3 Å². The molecule has 0 radical (unpaired) electrons. The van der Waals surface area contributed by atoms with Crippen LogP contribution in [0.3, 0.4) is 0 Å². The minimum Gasteiger partial charge on any atom is -0.478 e. The van der Waals surface area contributed by atoms with Gasteiger partial charge in [0.25, 0.3) is 0 Å². The minimum absolute atomic E-state index is 0.102. The molecule has 0 saturated heterocycles. The summed E-state index contributed by atoms with van der Waals surface area (Å²) in [7, 11) is 0. The quantitative estimate of drug-likeness (QED) is 0.268. The maximum atomic E-state index is 11.5. The number of aliphatic hydroxyl groups is 1. The van der Waals surface area contributed by atoms with Crippen molar-refractivity contribution in [1.29, 1.82) is 0 Å². The molecule has 2 aromatic rings. The number of hydrogen-bond donors (Lipinski definition) is 2. The summed E-state index contributed by atoms with van der Waals surface area (Å²) in [6.07, 6.45) is 9.30. The van der Waals surface area contributed by atoms with Crippen molar-refractivity contribution in [1.82, 2.24) is 0 Å². The molecule has 5 rings (SSSR count). The number of benzene rings is 2. The van der Waals surface area contributed by atoms with Crippen LogP contribution < -0.4 is 0 Å². The van der Waals surface area contributed by atoms with E-state index < -0.39 is 5.97 Å². The third-order valence-electron chi connectivity index (χ3n) is 9.27. The number of carbonyl (C=O) groups excluding carboxylic acids is 1. The van der Waals surface area contributed by atoms with Crippen LogP contribution in [-0.2, 0) is 4.79 Å². The Bertz CT molecular complexity index is 1350. The lowest BCUT2D eigenvalue weighted by Gasteiger charge is -2.51. The highest BCUT2D eigenvalue weighted by atomic mass is 16.4. The molecule has 0 heterocycles. The van der Waals surface area contributed by atoms with Crippen molar-refractivity contribution in [3.63, 3.8) is 0 Å². The van der Waals surface area contributed by atoms with E-state index in [2.05, 4.69) is 37.8 Å². The second kappa shape index (κ2) is 10.8. The Labute approximate surface area is 225 Å². The number of fused-ring (bicyclic) bond motifs is 3. The third kappa shape index (κ3) is 4.76. The van der Waals surface area contributed by atoms with Crippen molar-refractivity contribution in [2.75, 3.05) is 0 Å². The van der Waals surface area contributed by atoms with Crippen LogP contribution in [-0.4, -0.2) is 28.6 Å². The maximum Gasteiger partial charge on any atom is 0.335 e. The molecule has 0 aromatic heterocycles. The second-order valence-corrected chi connectivity index (χ2v) is 11.4. The predicted molar refractivity (Wildman–Crippen MR) is 149 cm³/mol. The first kappa shape index (κ1) is 26.2. The van der Waals surface area contributed by atoms with Crippen LogP contribution in [0.5, 0.6) is 0 Å². The Morgan fingerprint density at radius 2 is 1.84 bits per heavy atom. The minimum atomic E-state index is -0.960. The van der Waals surface area contributed by atoms with Crippen LogP contribution in [0.4, 0.5) is 0 Å². The van der Waals surface area contributed by atoms with E-state index in [0.717, 1.165) is 56.8 Å². The average molecular weight is 509 g/mol. The van der Waals surface area contributed by atoms with E-state index in [1.807, 2.05) is 18.2 Å². The summed E-state index contributed by atoms with van der Waals surface area (Å²) in [6, 6.07) is 15.1. The van der Waals surface area contributed by atoms with Gasteiger partial charge in [-0.3, -0.25) is 4.79 Å². The zero-order valence-electron chi connectivity index (χ0n) is 22.2. The van der Waals surface area contributed by atoms with Gasteiger partial charge in [-0.05, 0) is 109 Å². The molecule has 2 fully saturated rings. The molecule has 2 saturated carbocycles. The van der Waals surface area contributed by atoms with Crippen molar-refractivity contribution in [3.05, 3.63) is 93.6 Å². The molecule has 5 unspecified atom stereocenters. The Morgan fingerprint density at radius 1 is 1.08 bits per heavy atom. The Morgan fingerprint density at radius 3 is 2.55 bits per heavy atom. The standard InChI is InChI=1S/C34H36O4/c1-3-5-27-25(18-19-35)14-15-28-30-16-17-31(36)34(30,2)21-29(32(27)28)24-12-10-22(11-13-24)8-9-23-6-4-7-26(20-23)33(37)38/h4,6-7,10-13,18-20,28-31,36H,3,5,14-17,21H2,1-2H3,(H,37,38)/b25-18-. The fourth-order valence-corrected chi connectivity index (χ4v) is 7.45. The lowest BCUT2D eigenvalue weighted by atomic mass is 9.53. The highest BCUT2D eigenvalue weighted by Crippen LogP contribution is 2.63. The van der Waals surface area contributed by atoms with E-state index in [9.17, 15) is 19.8 Å². The molecule has 2 N–H and O–H groups in total. The number of aromatic carboxylic acids is 1. The molecule has 0 bridgehead atoms. The van der Waals surface area contributed by atoms with Crippen molar-refractivity contribution < 1.29 is 19.8 Å². The van der Waals surface area contributed by atoms with Gasteiger partial charge in [-0.15, -0.1) is 0 Å². The zero-order valence-corrected chi connectivity index (χ0v) is 22.2. The number of carbonyl (C=O) groups is 2. The van der Waals surface area contributed by atoms with E-state index in [0.29, 0.717) is 17.4 Å². The largest absolute Gasteiger partial charge is 0.478 e. The number of hydrogen-bond acceptors (Lipinski definition) is 3. The highest BCUT2D eigenvalue weighted by molar-refractivity contribution is 5.88. The van der Waals surface area contributed by atoms with Crippen LogP contribution in [0, 0.1) is 29.1 Å². The van der Waals surface area contributed by atoms with Gasteiger partial charge in [-0.2, -0.15) is 0 Å². The van der Waals surface area contributed by atoms with Crippen LogP contribution >= 0.6 is 0 Å². The van der Waals surface area contributed by atoms with Crippen molar-refractivity contribution in [2.45, 2.75) is 70.8 Å². The SMILES string of the molecule is CCCC1=C2C(c3ccc(C#Cc4cccc(C(=O)O)c4)cc3)CC3(C)C(O)CCC3C2CC/C1=C/C=O. The van der Waals surface area contributed by atoms with Gasteiger partial charge in [0, 0.05) is 17.0 Å². The average Bonchev–Trinajstić information content (AvgIpc) is 3.22. The molecular weight excluding hydrogens is 472 g/mol. The molecule has 4 heteroatoms. The smallest absolute Gasteiger partial charge is 0.335 e. The molecule has 196 valence electrons. The Hall–Kier alpha value is -3.42. The molecule has 2 aromatic carbocycles. The summed E-state index contributed by atoms with van der Waals surface area (Å²) >= 11 is 0. The van der Waals surface area contributed by atoms with Gasteiger partial charge in [0.05, 0.1) is 11.7 Å². The van der Waals surface area contributed by atoms with Gasteiger partial charge < -0.3 is 10.2 Å². The molecule has 3 aliphatic rings. The number of carboxylic acids is 1. The number of aliphatic hydroxyl groups excluding tert-OH is 1. The topological polar surface area (TPSA) is 74.6 Å². The van der Waals surface area contributed by atoms with Crippen LogP contribution in [0.2, 0.25) is 0 Å². The van der Waals surface area contributed by atoms with Crippen molar-refractivity contribution >= 4 is 12.3 Å². The van der Waals surface area contributed by atoms with Gasteiger partial charge in [0.2, 0.25) is 0 Å². The molecule has 4 nitrogen and oxygen atoms in total. The van der Waals surface area contributed by atoms with E-state index in [1.54, 1.807) is 24.3 Å². The number of allylic oxidation sites excluding steroid dienone is 4. The van der Waals surface area contributed by atoms with E-state index in [-0.39, 0.29) is 23.0 Å². The highest BCUT2D eigenvalue weighted by Gasteiger charge is 2.56. The molecule has 5 atom stereocenters. The van der Waals surface area contributed by atoms with E-state index >= 15 is 0 Å². The number of aldehydes is 1. The maximum absolute atomic E-state index is 11.5. The lowest BCUT2D eigenvalue weighted by molar-refractivity contribution is -0.104. The fraction of sp³-hybridized carbons (Fsp3) is 0.412.